The number of nitrogens with zero attached hydrogens (tertiary/aromatic N) is 1. The van der Waals surface area contributed by atoms with Gasteiger partial charge in [0.05, 0.1) is 5.57 Å². The van der Waals surface area contributed by atoms with E-state index in [0.29, 0.717) is 48.2 Å². The smallest absolute Gasteiger partial charge is 0.337 e. The Balaban J connectivity index is 1.67. The molecule has 0 spiro atoms. The van der Waals surface area contributed by atoms with E-state index in [-0.39, 0.29) is 9.78 Å². The first-order chi connectivity index (χ1) is 13.4. The van der Waals surface area contributed by atoms with Gasteiger partial charge in [0.25, 0.3) is 10.0 Å². The molecule has 28 heavy (non-hydrogen) atoms. The van der Waals surface area contributed by atoms with Crippen molar-refractivity contribution in [2.45, 2.75) is 17.1 Å². The standard InChI is InChI=1S/C19H19NO6S2/c21-19(22)14(11-13-3-4-15-16(12-13)26-10-9-25-15)17-5-6-18(27-17)28(23,24)20-7-1-2-8-20/h3-6,11-12H,1-2,7-10H2,(H,21,22)/b14-11+. The molecule has 148 valence electrons. The molecule has 1 aromatic carbocycles. The number of aliphatic carboxylic acids is 1. The maximum Gasteiger partial charge on any atom is 0.337 e. The highest BCUT2D eigenvalue weighted by Gasteiger charge is 2.29. The van der Waals surface area contributed by atoms with Crippen molar-refractivity contribution in [3.05, 3.63) is 40.8 Å². The first kappa shape index (κ1) is 19.0. The third kappa shape index (κ3) is 3.65. The van der Waals surface area contributed by atoms with E-state index in [9.17, 15) is 18.3 Å². The third-order valence-corrected chi connectivity index (χ3v) is 8.10. The van der Waals surface area contributed by atoms with Gasteiger partial charge in [0.1, 0.15) is 17.4 Å². The van der Waals surface area contributed by atoms with Crippen LogP contribution in [0.4, 0.5) is 0 Å². The minimum Gasteiger partial charge on any atom is -0.486 e. The van der Waals surface area contributed by atoms with Crippen LogP contribution in [0.1, 0.15) is 23.3 Å². The predicted octanol–water partition coefficient (Wildman–Crippen LogP) is 2.93. The second-order valence-corrected chi connectivity index (χ2v) is 9.74. The number of hydrogen-bond acceptors (Lipinski definition) is 6. The van der Waals surface area contributed by atoms with Crippen molar-refractivity contribution in [2.24, 2.45) is 0 Å². The molecule has 0 unspecified atom stereocenters. The summed E-state index contributed by atoms with van der Waals surface area (Å²) in [5, 5.41) is 9.67. The van der Waals surface area contributed by atoms with Crippen molar-refractivity contribution in [1.82, 2.24) is 4.31 Å². The van der Waals surface area contributed by atoms with E-state index in [4.69, 9.17) is 9.47 Å². The quantitative estimate of drug-likeness (QED) is 0.746. The number of carbonyl (C=O) groups is 1. The van der Waals surface area contributed by atoms with Gasteiger partial charge in [-0.25, -0.2) is 13.2 Å². The molecule has 3 heterocycles. The van der Waals surface area contributed by atoms with Gasteiger partial charge >= 0.3 is 5.97 Å². The Kier molecular flexibility index (Phi) is 5.13. The van der Waals surface area contributed by atoms with Gasteiger partial charge in [0, 0.05) is 18.0 Å². The highest BCUT2D eigenvalue weighted by molar-refractivity contribution is 7.91. The van der Waals surface area contributed by atoms with E-state index in [1.165, 1.54) is 16.4 Å². The average Bonchev–Trinajstić information content (AvgIpc) is 3.38. The van der Waals surface area contributed by atoms with E-state index < -0.39 is 16.0 Å². The van der Waals surface area contributed by atoms with Crippen LogP contribution < -0.4 is 9.47 Å². The molecule has 1 N–H and O–H groups in total. The van der Waals surface area contributed by atoms with Crippen molar-refractivity contribution >= 4 is 39.0 Å². The van der Waals surface area contributed by atoms with E-state index >= 15 is 0 Å². The second kappa shape index (κ2) is 7.57. The Morgan fingerprint density at radius 1 is 1.07 bits per heavy atom. The Morgan fingerprint density at radius 2 is 1.79 bits per heavy atom. The molecule has 0 atom stereocenters. The fraction of sp³-hybridized carbons (Fsp3) is 0.316. The lowest BCUT2D eigenvalue weighted by Crippen LogP contribution is -2.27. The van der Waals surface area contributed by atoms with Crippen LogP contribution in [0.15, 0.2) is 34.5 Å². The van der Waals surface area contributed by atoms with Crippen LogP contribution in [0, 0.1) is 0 Å². The molecule has 0 aliphatic carbocycles. The predicted molar refractivity (Wildman–Crippen MR) is 105 cm³/mol. The largest absolute Gasteiger partial charge is 0.486 e. The Hall–Kier alpha value is -2.36. The molecule has 7 nitrogen and oxygen atoms in total. The van der Waals surface area contributed by atoms with Gasteiger partial charge in [-0.3, -0.25) is 0 Å². The molecular weight excluding hydrogens is 402 g/mol. The topological polar surface area (TPSA) is 93.1 Å². The van der Waals surface area contributed by atoms with Gasteiger partial charge in [0.2, 0.25) is 0 Å². The number of hydrogen-bond donors (Lipinski definition) is 1. The SMILES string of the molecule is O=C(O)/C(=C/c1ccc2c(c1)OCCO2)c1ccc(S(=O)(=O)N2CCCC2)s1. The Labute approximate surface area is 166 Å². The zero-order valence-corrected chi connectivity index (χ0v) is 16.6. The molecule has 2 aliphatic heterocycles. The normalized spacial score (nSPS) is 17.6. The molecule has 1 saturated heterocycles. The zero-order chi connectivity index (χ0) is 19.7. The molecule has 1 aromatic heterocycles. The third-order valence-electron chi connectivity index (χ3n) is 4.61. The lowest BCUT2D eigenvalue weighted by molar-refractivity contribution is -0.130. The van der Waals surface area contributed by atoms with E-state index in [2.05, 4.69) is 0 Å². The van der Waals surface area contributed by atoms with Crippen molar-refractivity contribution < 1.29 is 27.8 Å². The minimum absolute atomic E-state index is 0.0320. The van der Waals surface area contributed by atoms with Crippen LogP contribution in [0.2, 0.25) is 0 Å². The fourth-order valence-corrected chi connectivity index (χ4v) is 6.20. The number of ether oxygens (including phenoxy) is 2. The molecular formula is C19H19NO6S2. The van der Waals surface area contributed by atoms with Crippen molar-refractivity contribution in [1.29, 1.82) is 0 Å². The lowest BCUT2D eigenvalue weighted by Gasteiger charge is -2.18. The lowest BCUT2D eigenvalue weighted by atomic mass is 10.1. The maximum absolute atomic E-state index is 12.7. The van der Waals surface area contributed by atoms with Crippen LogP contribution in [-0.2, 0) is 14.8 Å². The highest BCUT2D eigenvalue weighted by Crippen LogP contribution is 2.34. The first-order valence-corrected chi connectivity index (χ1v) is 11.2. The molecule has 0 bridgehead atoms. The summed E-state index contributed by atoms with van der Waals surface area (Å²) in [6, 6.07) is 8.22. The summed E-state index contributed by atoms with van der Waals surface area (Å²) in [7, 11) is -3.57. The second-order valence-electron chi connectivity index (χ2n) is 6.50. The number of thiophene rings is 1. The molecule has 4 rings (SSSR count). The number of carboxylic acids is 1. The molecule has 9 heteroatoms. The maximum atomic E-state index is 12.7. The van der Waals surface area contributed by atoms with Gasteiger partial charge in [-0.1, -0.05) is 6.07 Å². The van der Waals surface area contributed by atoms with E-state index in [1.54, 1.807) is 24.3 Å². The summed E-state index contributed by atoms with van der Waals surface area (Å²) < 4.78 is 38.0. The highest BCUT2D eigenvalue weighted by atomic mass is 32.2. The first-order valence-electron chi connectivity index (χ1n) is 8.90. The number of benzene rings is 1. The monoisotopic (exact) mass is 421 g/mol. The summed E-state index contributed by atoms with van der Waals surface area (Å²) in [5.41, 5.74) is 0.670. The summed E-state index contributed by atoms with van der Waals surface area (Å²) in [6.07, 6.45) is 3.21. The average molecular weight is 421 g/mol. The molecule has 2 aromatic rings. The van der Waals surface area contributed by atoms with E-state index in [0.717, 1.165) is 24.2 Å². The summed E-state index contributed by atoms with van der Waals surface area (Å²) in [6.45, 7) is 1.93. The minimum atomic E-state index is -3.57. The summed E-state index contributed by atoms with van der Waals surface area (Å²) in [4.78, 5) is 12.2. The molecule has 2 aliphatic rings. The van der Waals surface area contributed by atoms with Gasteiger partial charge in [-0.15, -0.1) is 11.3 Å². The summed E-state index contributed by atoms with van der Waals surface area (Å²) in [5.74, 6) is 0.0606. The number of carboxylic acid groups (broad SMARTS) is 1. The van der Waals surface area contributed by atoms with Crippen LogP contribution in [0.3, 0.4) is 0 Å². The van der Waals surface area contributed by atoms with Crippen LogP contribution in [0.25, 0.3) is 11.6 Å². The van der Waals surface area contributed by atoms with Crippen molar-refractivity contribution in [2.75, 3.05) is 26.3 Å². The molecule has 0 saturated carbocycles. The Bertz CT molecular complexity index is 1030. The van der Waals surface area contributed by atoms with Crippen molar-refractivity contribution in [3.8, 4) is 11.5 Å². The van der Waals surface area contributed by atoms with Crippen molar-refractivity contribution in [3.63, 3.8) is 0 Å². The number of rotatable bonds is 5. The molecule has 1 fully saturated rings. The van der Waals surface area contributed by atoms with Gasteiger partial charge in [0.15, 0.2) is 11.5 Å². The zero-order valence-electron chi connectivity index (χ0n) is 15.0. The van der Waals surface area contributed by atoms with E-state index in [1.807, 2.05) is 0 Å². The molecule has 0 amide bonds. The molecule has 0 radical (unpaired) electrons. The summed E-state index contributed by atoms with van der Waals surface area (Å²) >= 11 is 0.976. The number of fused-ring (bicyclic) bond motifs is 1. The number of sulfonamides is 1. The fourth-order valence-electron chi connectivity index (χ4n) is 3.21. The van der Waals surface area contributed by atoms with Gasteiger partial charge in [-0.2, -0.15) is 4.31 Å². The van der Waals surface area contributed by atoms with Crippen LogP contribution >= 0.6 is 11.3 Å². The van der Waals surface area contributed by atoms with Gasteiger partial charge < -0.3 is 14.6 Å². The van der Waals surface area contributed by atoms with Crippen LogP contribution in [0.5, 0.6) is 11.5 Å². The Morgan fingerprint density at radius 3 is 2.50 bits per heavy atom. The van der Waals surface area contributed by atoms with Crippen LogP contribution in [-0.4, -0.2) is 50.1 Å². The van der Waals surface area contributed by atoms with Gasteiger partial charge in [-0.05, 0) is 48.7 Å².